The van der Waals surface area contributed by atoms with Gasteiger partial charge in [-0.3, -0.25) is 0 Å². The standard InChI is InChI=1S/C6H12N2O.C3H6N2O/c1-5-4-7(2)6(9)8(5)3;6-3-4-1-2-5-3/h5H,4H2,1-3H3;1-2H2,(H2,4,5,6). The normalized spacial score (nSPS) is 24.6. The number of hydrogen-bond donors (Lipinski definition) is 2. The number of amides is 4. The molecule has 15 heavy (non-hydrogen) atoms. The molecule has 0 aliphatic carbocycles. The second-order valence-electron chi connectivity index (χ2n) is 3.81. The lowest BCUT2D eigenvalue weighted by molar-refractivity contribution is 0.202. The average Bonchev–Trinajstić information content (AvgIpc) is 2.73. The lowest BCUT2D eigenvalue weighted by Crippen LogP contribution is -2.28. The average molecular weight is 214 g/mol. The molecule has 2 aliphatic heterocycles. The van der Waals surface area contributed by atoms with Crippen LogP contribution in [0.4, 0.5) is 9.59 Å². The Morgan fingerprint density at radius 3 is 1.87 bits per heavy atom. The van der Waals surface area contributed by atoms with E-state index in [0.29, 0.717) is 6.04 Å². The summed E-state index contributed by atoms with van der Waals surface area (Å²) < 4.78 is 0. The lowest BCUT2D eigenvalue weighted by atomic mass is 10.3. The molecule has 1 atom stereocenters. The smallest absolute Gasteiger partial charge is 0.319 e. The predicted octanol–water partition coefficient (Wildman–Crippen LogP) is -0.329. The topological polar surface area (TPSA) is 64.7 Å². The zero-order valence-corrected chi connectivity index (χ0v) is 9.41. The van der Waals surface area contributed by atoms with Crippen LogP contribution in [-0.4, -0.2) is 61.6 Å². The number of hydrogen-bond acceptors (Lipinski definition) is 2. The van der Waals surface area contributed by atoms with Gasteiger partial charge in [-0.2, -0.15) is 0 Å². The van der Waals surface area contributed by atoms with E-state index in [9.17, 15) is 9.59 Å². The number of nitrogens with one attached hydrogen (secondary N) is 2. The van der Waals surface area contributed by atoms with Gasteiger partial charge in [-0.15, -0.1) is 0 Å². The molecule has 1 unspecified atom stereocenters. The first kappa shape index (κ1) is 11.6. The number of nitrogens with zero attached hydrogens (tertiary/aromatic N) is 2. The van der Waals surface area contributed by atoms with Crippen LogP contribution < -0.4 is 10.6 Å². The molecule has 2 heterocycles. The zero-order valence-electron chi connectivity index (χ0n) is 9.41. The summed E-state index contributed by atoms with van der Waals surface area (Å²) in [6.07, 6.45) is 0. The van der Waals surface area contributed by atoms with Gasteiger partial charge in [0, 0.05) is 39.8 Å². The quantitative estimate of drug-likeness (QED) is 0.580. The van der Waals surface area contributed by atoms with E-state index in [1.807, 2.05) is 21.0 Å². The Labute approximate surface area is 89.6 Å². The largest absolute Gasteiger partial charge is 0.336 e. The van der Waals surface area contributed by atoms with E-state index in [0.717, 1.165) is 19.6 Å². The molecule has 0 saturated carbocycles. The van der Waals surface area contributed by atoms with Gasteiger partial charge in [-0.25, -0.2) is 9.59 Å². The molecule has 2 fully saturated rings. The fraction of sp³-hybridized carbons (Fsp3) is 0.778. The summed E-state index contributed by atoms with van der Waals surface area (Å²) in [4.78, 5) is 24.5. The minimum atomic E-state index is -0.0463. The van der Waals surface area contributed by atoms with Crippen LogP contribution in [0.2, 0.25) is 0 Å². The molecule has 2 rings (SSSR count). The van der Waals surface area contributed by atoms with Crippen LogP contribution in [0.25, 0.3) is 0 Å². The zero-order chi connectivity index (χ0) is 11.4. The Balaban J connectivity index is 0.000000162. The van der Waals surface area contributed by atoms with Gasteiger partial charge >= 0.3 is 12.1 Å². The fourth-order valence-electron chi connectivity index (χ4n) is 1.47. The molecule has 86 valence electrons. The van der Waals surface area contributed by atoms with E-state index in [-0.39, 0.29) is 12.1 Å². The summed E-state index contributed by atoms with van der Waals surface area (Å²) >= 11 is 0. The Morgan fingerprint density at radius 1 is 1.20 bits per heavy atom. The molecule has 4 amide bonds. The third-order valence-corrected chi connectivity index (χ3v) is 2.52. The first-order valence-electron chi connectivity index (χ1n) is 5.02. The molecular weight excluding hydrogens is 196 g/mol. The van der Waals surface area contributed by atoms with Gasteiger partial charge < -0.3 is 20.4 Å². The number of urea groups is 2. The highest BCUT2D eigenvalue weighted by molar-refractivity contribution is 5.76. The van der Waals surface area contributed by atoms with Crippen molar-refractivity contribution in [3.8, 4) is 0 Å². The first-order chi connectivity index (χ1) is 7.02. The maximum absolute atomic E-state index is 11.0. The third-order valence-electron chi connectivity index (χ3n) is 2.52. The molecule has 2 N–H and O–H groups in total. The van der Waals surface area contributed by atoms with Crippen LogP contribution in [0.1, 0.15) is 6.92 Å². The van der Waals surface area contributed by atoms with E-state index in [4.69, 9.17) is 0 Å². The maximum Gasteiger partial charge on any atom is 0.319 e. The Hall–Kier alpha value is -1.46. The molecule has 0 radical (unpaired) electrons. The molecule has 6 nitrogen and oxygen atoms in total. The van der Waals surface area contributed by atoms with Crippen molar-refractivity contribution in [2.45, 2.75) is 13.0 Å². The van der Waals surface area contributed by atoms with Gasteiger partial charge in [0.15, 0.2) is 0 Å². The van der Waals surface area contributed by atoms with Crippen LogP contribution in [0.15, 0.2) is 0 Å². The molecule has 0 aromatic heterocycles. The Kier molecular flexibility index (Phi) is 3.76. The van der Waals surface area contributed by atoms with E-state index in [1.54, 1.807) is 9.80 Å². The van der Waals surface area contributed by atoms with Crippen molar-refractivity contribution < 1.29 is 9.59 Å². The second-order valence-corrected chi connectivity index (χ2v) is 3.81. The number of carbonyl (C=O) groups excluding carboxylic acids is 2. The van der Waals surface area contributed by atoms with E-state index < -0.39 is 0 Å². The third kappa shape index (κ3) is 3.00. The van der Waals surface area contributed by atoms with Crippen molar-refractivity contribution in [3.05, 3.63) is 0 Å². The SMILES string of the molecule is CC1CN(C)C(=O)N1C.O=C1NCCN1. The number of rotatable bonds is 0. The molecule has 0 bridgehead atoms. The van der Waals surface area contributed by atoms with Gasteiger partial charge in [0.2, 0.25) is 0 Å². The first-order valence-corrected chi connectivity index (χ1v) is 5.02. The minimum Gasteiger partial charge on any atom is -0.336 e. The monoisotopic (exact) mass is 214 g/mol. The van der Waals surface area contributed by atoms with Crippen molar-refractivity contribution in [1.29, 1.82) is 0 Å². The highest BCUT2D eigenvalue weighted by Crippen LogP contribution is 2.09. The lowest BCUT2D eigenvalue weighted by Gasteiger charge is -2.11. The van der Waals surface area contributed by atoms with Crippen molar-refractivity contribution >= 4 is 12.1 Å². The molecule has 2 saturated heterocycles. The molecule has 0 aromatic rings. The van der Waals surface area contributed by atoms with Crippen molar-refractivity contribution in [2.75, 3.05) is 33.7 Å². The van der Waals surface area contributed by atoms with Crippen molar-refractivity contribution in [2.24, 2.45) is 0 Å². The molecule has 2 aliphatic rings. The van der Waals surface area contributed by atoms with E-state index in [1.165, 1.54) is 0 Å². The van der Waals surface area contributed by atoms with Gasteiger partial charge in [0.25, 0.3) is 0 Å². The maximum atomic E-state index is 11.0. The van der Waals surface area contributed by atoms with E-state index >= 15 is 0 Å². The molecular formula is C9H18N4O2. The fourth-order valence-corrected chi connectivity index (χ4v) is 1.47. The summed E-state index contributed by atoms with van der Waals surface area (Å²) in [6.45, 7) is 4.45. The molecule has 0 aromatic carbocycles. The van der Waals surface area contributed by atoms with E-state index in [2.05, 4.69) is 10.6 Å². The summed E-state index contributed by atoms with van der Waals surface area (Å²) in [5.41, 5.74) is 0. The van der Waals surface area contributed by atoms with Crippen molar-refractivity contribution in [3.63, 3.8) is 0 Å². The van der Waals surface area contributed by atoms with Crippen LogP contribution >= 0.6 is 0 Å². The summed E-state index contributed by atoms with van der Waals surface area (Å²) in [7, 11) is 3.65. The van der Waals surface area contributed by atoms with Crippen LogP contribution in [-0.2, 0) is 0 Å². The predicted molar refractivity (Wildman–Crippen MR) is 56.7 cm³/mol. The molecule has 6 heteroatoms. The van der Waals surface area contributed by atoms with Gasteiger partial charge in [-0.05, 0) is 6.92 Å². The van der Waals surface area contributed by atoms with Crippen LogP contribution in [0.5, 0.6) is 0 Å². The Bertz CT molecular complexity index is 248. The van der Waals surface area contributed by atoms with Gasteiger partial charge in [0.05, 0.1) is 0 Å². The van der Waals surface area contributed by atoms with Gasteiger partial charge in [0.1, 0.15) is 0 Å². The van der Waals surface area contributed by atoms with Crippen molar-refractivity contribution in [1.82, 2.24) is 20.4 Å². The number of carbonyl (C=O) groups is 2. The summed E-state index contributed by atoms with van der Waals surface area (Å²) in [5, 5.41) is 5.14. The molecule has 0 spiro atoms. The summed E-state index contributed by atoms with van der Waals surface area (Å²) in [6, 6.07) is 0.458. The highest BCUT2D eigenvalue weighted by atomic mass is 16.2. The Morgan fingerprint density at radius 2 is 1.73 bits per heavy atom. The van der Waals surface area contributed by atoms with Crippen LogP contribution in [0, 0.1) is 0 Å². The summed E-state index contributed by atoms with van der Waals surface area (Å²) in [5.74, 6) is 0. The number of likely N-dealkylation sites (N-methyl/N-ethyl adjacent to an activating group) is 2. The van der Waals surface area contributed by atoms with Crippen LogP contribution in [0.3, 0.4) is 0 Å². The second kappa shape index (κ2) is 4.86. The minimum absolute atomic E-state index is 0.0463. The van der Waals surface area contributed by atoms with Gasteiger partial charge in [-0.1, -0.05) is 0 Å². The highest BCUT2D eigenvalue weighted by Gasteiger charge is 2.27.